The summed E-state index contributed by atoms with van der Waals surface area (Å²) in [6, 6.07) is 18.4. The maximum atomic E-state index is 9.10. The van der Waals surface area contributed by atoms with Gasteiger partial charge in [0.25, 0.3) is 0 Å². The molecule has 0 bridgehead atoms. The van der Waals surface area contributed by atoms with Crippen LogP contribution in [0.5, 0.6) is 5.75 Å². The van der Waals surface area contributed by atoms with Crippen LogP contribution in [0.2, 0.25) is 0 Å². The molecule has 2 aromatic carbocycles. The van der Waals surface area contributed by atoms with Crippen molar-refractivity contribution in [2.24, 2.45) is 0 Å². The van der Waals surface area contributed by atoms with Crippen molar-refractivity contribution in [2.75, 3.05) is 20.2 Å². The lowest BCUT2D eigenvalue weighted by atomic mass is 10.1. The SMILES string of the molecule is CNCCOc1ccccc1-c1ccccc1.O=C(O)C(=O)O. The fraction of sp³-hybridized carbons (Fsp3) is 0.176. The fourth-order valence-electron chi connectivity index (χ4n) is 1.71. The molecule has 0 amide bonds. The number of benzene rings is 2. The first-order chi connectivity index (χ1) is 11.1. The Kier molecular flexibility index (Phi) is 7.88. The molecule has 0 fully saturated rings. The average Bonchev–Trinajstić information content (AvgIpc) is 2.57. The summed E-state index contributed by atoms with van der Waals surface area (Å²) < 4.78 is 5.77. The lowest BCUT2D eigenvalue weighted by Gasteiger charge is -2.11. The van der Waals surface area contributed by atoms with Crippen molar-refractivity contribution >= 4 is 11.9 Å². The second kappa shape index (κ2) is 9.97. The largest absolute Gasteiger partial charge is 0.492 e. The Balaban J connectivity index is 0.000000379. The van der Waals surface area contributed by atoms with Crippen LogP contribution in [-0.2, 0) is 9.59 Å². The summed E-state index contributed by atoms with van der Waals surface area (Å²) in [7, 11) is 1.92. The number of rotatable bonds is 5. The Labute approximate surface area is 134 Å². The molecule has 0 spiro atoms. The molecule has 0 unspecified atom stereocenters. The summed E-state index contributed by atoms with van der Waals surface area (Å²) in [4.78, 5) is 18.2. The molecule has 122 valence electrons. The molecular formula is C17H19NO5. The number of aliphatic carboxylic acids is 2. The van der Waals surface area contributed by atoms with E-state index in [0.717, 1.165) is 17.9 Å². The Hall–Kier alpha value is -2.86. The third kappa shape index (κ3) is 6.62. The van der Waals surface area contributed by atoms with Crippen LogP contribution >= 0.6 is 0 Å². The number of hydrogen-bond donors (Lipinski definition) is 3. The van der Waals surface area contributed by atoms with Crippen molar-refractivity contribution in [2.45, 2.75) is 0 Å². The molecule has 0 heterocycles. The molecule has 0 radical (unpaired) electrons. The van der Waals surface area contributed by atoms with Crippen LogP contribution in [0.3, 0.4) is 0 Å². The highest BCUT2D eigenvalue weighted by Crippen LogP contribution is 2.29. The molecule has 6 heteroatoms. The van der Waals surface area contributed by atoms with E-state index >= 15 is 0 Å². The highest BCUT2D eigenvalue weighted by atomic mass is 16.5. The molecular weight excluding hydrogens is 298 g/mol. The Morgan fingerprint density at radius 2 is 1.52 bits per heavy atom. The fourth-order valence-corrected chi connectivity index (χ4v) is 1.71. The predicted molar refractivity (Wildman–Crippen MR) is 86.6 cm³/mol. The van der Waals surface area contributed by atoms with Crippen LogP contribution in [0.15, 0.2) is 54.6 Å². The topological polar surface area (TPSA) is 95.9 Å². The van der Waals surface area contributed by atoms with Crippen molar-refractivity contribution in [3.8, 4) is 16.9 Å². The summed E-state index contributed by atoms with van der Waals surface area (Å²) in [5.41, 5.74) is 2.33. The summed E-state index contributed by atoms with van der Waals surface area (Å²) >= 11 is 0. The van der Waals surface area contributed by atoms with Crippen molar-refractivity contribution in [3.63, 3.8) is 0 Å². The number of carbonyl (C=O) groups is 2. The first kappa shape index (κ1) is 18.2. The summed E-state index contributed by atoms with van der Waals surface area (Å²) in [5.74, 6) is -2.71. The van der Waals surface area contributed by atoms with E-state index in [9.17, 15) is 0 Å². The van der Waals surface area contributed by atoms with Crippen molar-refractivity contribution in [3.05, 3.63) is 54.6 Å². The molecule has 0 saturated carbocycles. The second-order valence-electron chi connectivity index (χ2n) is 4.42. The first-order valence-electron chi connectivity index (χ1n) is 6.94. The number of para-hydroxylation sites is 1. The van der Waals surface area contributed by atoms with Gasteiger partial charge in [0.2, 0.25) is 0 Å². The van der Waals surface area contributed by atoms with Gasteiger partial charge in [-0.25, -0.2) is 9.59 Å². The van der Waals surface area contributed by atoms with Gasteiger partial charge < -0.3 is 20.3 Å². The first-order valence-corrected chi connectivity index (χ1v) is 6.94. The third-order valence-electron chi connectivity index (χ3n) is 2.76. The van der Waals surface area contributed by atoms with Crippen molar-refractivity contribution in [1.82, 2.24) is 5.32 Å². The van der Waals surface area contributed by atoms with Gasteiger partial charge >= 0.3 is 11.9 Å². The molecule has 0 atom stereocenters. The smallest absolute Gasteiger partial charge is 0.414 e. The number of ether oxygens (including phenoxy) is 1. The van der Waals surface area contributed by atoms with Crippen LogP contribution in [0.4, 0.5) is 0 Å². The minimum atomic E-state index is -1.82. The number of carboxylic acid groups (broad SMARTS) is 2. The van der Waals surface area contributed by atoms with Crippen LogP contribution < -0.4 is 10.1 Å². The Bertz CT molecular complexity index is 616. The standard InChI is InChI=1S/C15H17NO.C2H2O4/c1-16-11-12-17-15-10-6-5-9-14(15)13-7-3-2-4-8-13;3-1(4)2(5)6/h2-10,16H,11-12H2,1H3;(H,3,4)(H,5,6). The van der Waals surface area contributed by atoms with E-state index in [4.69, 9.17) is 24.5 Å². The van der Waals surface area contributed by atoms with E-state index in [-0.39, 0.29) is 0 Å². The van der Waals surface area contributed by atoms with Gasteiger partial charge in [-0.2, -0.15) is 0 Å². The van der Waals surface area contributed by atoms with E-state index < -0.39 is 11.9 Å². The maximum Gasteiger partial charge on any atom is 0.414 e. The van der Waals surface area contributed by atoms with Gasteiger partial charge in [-0.3, -0.25) is 0 Å². The van der Waals surface area contributed by atoms with E-state index in [2.05, 4.69) is 23.5 Å². The molecule has 23 heavy (non-hydrogen) atoms. The van der Waals surface area contributed by atoms with Gasteiger partial charge in [0.05, 0.1) is 0 Å². The van der Waals surface area contributed by atoms with E-state index in [1.807, 2.05) is 43.4 Å². The van der Waals surface area contributed by atoms with Crippen molar-refractivity contribution in [1.29, 1.82) is 0 Å². The summed E-state index contributed by atoms with van der Waals surface area (Å²) in [5, 5.41) is 17.9. The molecule has 0 aromatic heterocycles. The van der Waals surface area contributed by atoms with Gasteiger partial charge in [-0.15, -0.1) is 0 Å². The molecule has 0 saturated heterocycles. The van der Waals surface area contributed by atoms with Gasteiger partial charge in [0.15, 0.2) is 0 Å². The maximum absolute atomic E-state index is 9.10. The zero-order valence-electron chi connectivity index (χ0n) is 12.7. The van der Waals surface area contributed by atoms with Crippen LogP contribution in [0.1, 0.15) is 0 Å². The molecule has 6 nitrogen and oxygen atoms in total. The zero-order chi connectivity index (χ0) is 17.1. The van der Waals surface area contributed by atoms with Crippen LogP contribution in [0, 0.1) is 0 Å². The molecule has 0 aliphatic heterocycles. The normalized spacial score (nSPS) is 9.43. The molecule has 2 aromatic rings. The molecule has 2 rings (SSSR count). The van der Waals surface area contributed by atoms with Crippen LogP contribution in [0.25, 0.3) is 11.1 Å². The van der Waals surface area contributed by atoms with E-state index in [1.54, 1.807) is 0 Å². The summed E-state index contributed by atoms with van der Waals surface area (Å²) in [6.07, 6.45) is 0. The zero-order valence-corrected chi connectivity index (χ0v) is 12.7. The van der Waals surface area contributed by atoms with E-state index in [1.165, 1.54) is 5.56 Å². The number of nitrogens with one attached hydrogen (secondary N) is 1. The highest BCUT2D eigenvalue weighted by molar-refractivity contribution is 6.27. The third-order valence-corrected chi connectivity index (χ3v) is 2.76. The quantitative estimate of drug-likeness (QED) is 0.577. The van der Waals surface area contributed by atoms with E-state index in [0.29, 0.717) is 6.61 Å². The van der Waals surface area contributed by atoms with Gasteiger partial charge in [-0.05, 0) is 18.7 Å². The number of carboxylic acids is 2. The minimum absolute atomic E-state index is 0.681. The lowest BCUT2D eigenvalue weighted by molar-refractivity contribution is -0.159. The predicted octanol–water partition coefficient (Wildman–Crippen LogP) is 2.11. The average molecular weight is 317 g/mol. The molecule has 0 aliphatic carbocycles. The minimum Gasteiger partial charge on any atom is -0.492 e. The Morgan fingerprint density at radius 1 is 0.957 bits per heavy atom. The number of hydrogen-bond acceptors (Lipinski definition) is 4. The Morgan fingerprint density at radius 3 is 2.09 bits per heavy atom. The second-order valence-corrected chi connectivity index (χ2v) is 4.42. The molecule has 0 aliphatic rings. The monoisotopic (exact) mass is 317 g/mol. The van der Waals surface area contributed by atoms with Gasteiger partial charge in [0.1, 0.15) is 12.4 Å². The lowest BCUT2D eigenvalue weighted by Crippen LogP contribution is -2.16. The molecule has 3 N–H and O–H groups in total. The summed E-state index contributed by atoms with van der Waals surface area (Å²) in [6.45, 7) is 1.53. The number of likely N-dealkylation sites (N-methyl/N-ethyl adjacent to an activating group) is 1. The highest BCUT2D eigenvalue weighted by Gasteiger charge is 2.04. The van der Waals surface area contributed by atoms with Crippen LogP contribution in [-0.4, -0.2) is 42.4 Å². The van der Waals surface area contributed by atoms with Crippen molar-refractivity contribution < 1.29 is 24.5 Å². The van der Waals surface area contributed by atoms with Gasteiger partial charge in [-0.1, -0.05) is 48.5 Å². The van der Waals surface area contributed by atoms with Gasteiger partial charge in [0, 0.05) is 12.1 Å².